The zero-order valence-electron chi connectivity index (χ0n) is 15.1. The molecule has 1 aromatic heterocycles. The number of carbonyl (C=O) groups excluding carboxylic acids is 1. The van der Waals surface area contributed by atoms with Crippen LogP contribution in [0.15, 0.2) is 28.8 Å². The van der Waals surface area contributed by atoms with Crippen LogP contribution < -0.4 is 9.47 Å². The van der Waals surface area contributed by atoms with Crippen molar-refractivity contribution in [2.24, 2.45) is 0 Å². The van der Waals surface area contributed by atoms with Crippen LogP contribution in [0.25, 0.3) is 6.08 Å². The quantitative estimate of drug-likeness (QED) is 0.554. The van der Waals surface area contributed by atoms with Crippen molar-refractivity contribution in [1.29, 1.82) is 5.26 Å². The summed E-state index contributed by atoms with van der Waals surface area (Å²) in [5.74, 6) is 1.21. The van der Waals surface area contributed by atoms with E-state index in [0.717, 1.165) is 16.8 Å². The van der Waals surface area contributed by atoms with Crippen molar-refractivity contribution in [2.75, 3.05) is 7.11 Å². The van der Waals surface area contributed by atoms with Crippen molar-refractivity contribution in [1.82, 2.24) is 5.16 Å². The SMILES string of the molecule is COc1cc(/C=C/C(=O)O[C@H](C)C#N)ccc1OCc1c(C)noc1C. The lowest BCUT2D eigenvalue weighted by molar-refractivity contribution is -0.139. The number of methoxy groups -OCH3 is 1. The maximum Gasteiger partial charge on any atom is 0.332 e. The number of esters is 1. The Balaban J connectivity index is 2.07. The summed E-state index contributed by atoms with van der Waals surface area (Å²) in [6.45, 7) is 5.49. The Morgan fingerprint density at radius 3 is 2.77 bits per heavy atom. The van der Waals surface area contributed by atoms with Crippen molar-refractivity contribution in [3.05, 3.63) is 46.9 Å². The zero-order chi connectivity index (χ0) is 19.1. The van der Waals surface area contributed by atoms with Gasteiger partial charge in [0, 0.05) is 6.08 Å². The third-order valence-corrected chi connectivity index (χ3v) is 3.63. The molecule has 0 radical (unpaired) electrons. The number of nitriles is 1. The monoisotopic (exact) mass is 356 g/mol. The highest BCUT2D eigenvalue weighted by molar-refractivity contribution is 5.87. The molecule has 0 amide bonds. The molecule has 7 nitrogen and oxygen atoms in total. The molecule has 0 saturated carbocycles. The van der Waals surface area contributed by atoms with Crippen LogP contribution in [0.2, 0.25) is 0 Å². The summed E-state index contributed by atoms with van der Waals surface area (Å²) >= 11 is 0. The van der Waals surface area contributed by atoms with E-state index in [1.165, 1.54) is 20.1 Å². The van der Waals surface area contributed by atoms with E-state index in [-0.39, 0.29) is 0 Å². The van der Waals surface area contributed by atoms with Gasteiger partial charge in [0.05, 0.1) is 18.4 Å². The van der Waals surface area contributed by atoms with Crippen LogP contribution in [-0.2, 0) is 16.1 Å². The Kier molecular flexibility index (Phi) is 6.39. The van der Waals surface area contributed by atoms with Crippen LogP contribution in [0, 0.1) is 25.2 Å². The molecule has 0 aliphatic rings. The van der Waals surface area contributed by atoms with Crippen LogP contribution in [0.4, 0.5) is 0 Å². The van der Waals surface area contributed by atoms with E-state index in [1.54, 1.807) is 24.3 Å². The highest BCUT2D eigenvalue weighted by atomic mass is 16.5. The van der Waals surface area contributed by atoms with Crippen LogP contribution in [-0.4, -0.2) is 24.3 Å². The summed E-state index contributed by atoms with van der Waals surface area (Å²) in [4.78, 5) is 11.6. The fraction of sp³-hybridized carbons (Fsp3) is 0.316. The first-order chi connectivity index (χ1) is 12.4. The molecular formula is C19H20N2O5. The Hall–Kier alpha value is -3.27. The topological polar surface area (TPSA) is 94.6 Å². The van der Waals surface area contributed by atoms with Gasteiger partial charge in [0.25, 0.3) is 0 Å². The van der Waals surface area contributed by atoms with E-state index >= 15 is 0 Å². The number of hydrogen-bond donors (Lipinski definition) is 0. The highest BCUT2D eigenvalue weighted by Gasteiger charge is 2.12. The van der Waals surface area contributed by atoms with E-state index in [2.05, 4.69) is 5.16 Å². The fourth-order valence-electron chi connectivity index (χ4n) is 2.17. The third kappa shape index (κ3) is 4.86. The lowest BCUT2D eigenvalue weighted by atomic mass is 10.2. The van der Waals surface area contributed by atoms with E-state index in [1.807, 2.05) is 19.9 Å². The van der Waals surface area contributed by atoms with Crippen molar-refractivity contribution in [3.63, 3.8) is 0 Å². The predicted octanol–water partition coefficient (Wildman–Crippen LogP) is 3.35. The van der Waals surface area contributed by atoms with Crippen molar-refractivity contribution < 1.29 is 23.5 Å². The van der Waals surface area contributed by atoms with Crippen LogP contribution in [0.1, 0.15) is 29.5 Å². The van der Waals surface area contributed by atoms with E-state index in [9.17, 15) is 4.79 Å². The molecule has 0 spiro atoms. The average molecular weight is 356 g/mol. The first-order valence-corrected chi connectivity index (χ1v) is 7.95. The third-order valence-electron chi connectivity index (χ3n) is 3.63. The Bertz CT molecular complexity index is 829. The Morgan fingerprint density at radius 1 is 1.38 bits per heavy atom. The molecule has 26 heavy (non-hydrogen) atoms. The largest absolute Gasteiger partial charge is 0.493 e. The van der Waals surface area contributed by atoms with Gasteiger partial charge in [-0.15, -0.1) is 0 Å². The number of aromatic nitrogens is 1. The van der Waals surface area contributed by atoms with Gasteiger partial charge in [-0.2, -0.15) is 5.26 Å². The summed E-state index contributed by atoms with van der Waals surface area (Å²) in [5, 5.41) is 12.5. The summed E-state index contributed by atoms with van der Waals surface area (Å²) in [6.07, 6.45) is 2.04. The van der Waals surface area contributed by atoms with Crippen LogP contribution >= 0.6 is 0 Å². The van der Waals surface area contributed by atoms with Crippen LogP contribution in [0.5, 0.6) is 11.5 Å². The number of nitrogens with zero attached hydrogens (tertiary/aromatic N) is 2. The predicted molar refractivity (Wildman–Crippen MR) is 93.5 cm³/mol. The number of hydrogen-bond acceptors (Lipinski definition) is 7. The van der Waals surface area contributed by atoms with Gasteiger partial charge >= 0.3 is 5.97 Å². The molecule has 0 fully saturated rings. The van der Waals surface area contributed by atoms with Crippen molar-refractivity contribution in [2.45, 2.75) is 33.5 Å². The minimum Gasteiger partial charge on any atom is -0.493 e. The minimum atomic E-state index is -0.790. The summed E-state index contributed by atoms with van der Waals surface area (Å²) < 4.78 is 21.1. The van der Waals surface area contributed by atoms with Crippen LogP contribution in [0.3, 0.4) is 0 Å². The van der Waals surface area contributed by atoms with Gasteiger partial charge in [0.1, 0.15) is 18.4 Å². The standard InChI is InChI=1S/C19H20N2O5/c1-12(10-20)25-19(22)8-6-15-5-7-17(18(9-15)23-4)24-11-16-13(2)21-26-14(16)3/h5-9,12H,11H2,1-4H3/b8-6+/t12-/m1/s1. The molecular weight excluding hydrogens is 336 g/mol. The second-order valence-corrected chi connectivity index (χ2v) is 5.54. The molecule has 0 bridgehead atoms. The van der Waals surface area contributed by atoms with E-state index in [0.29, 0.717) is 23.9 Å². The summed E-state index contributed by atoms with van der Waals surface area (Å²) in [6, 6.07) is 7.10. The smallest absolute Gasteiger partial charge is 0.332 e. The number of benzene rings is 1. The van der Waals surface area contributed by atoms with Gasteiger partial charge in [-0.25, -0.2) is 4.79 Å². The van der Waals surface area contributed by atoms with Gasteiger partial charge in [-0.3, -0.25) is 0 Å². The Morgan fingerprint density at radius 2 is 2.15 bits per heavy atom. The molecule has 1 atom stereocenters. The molecule has 1 heterocycles. The molecule has 0 N–H and O–H groups in total. The van der Waals surface area contributed by atoms with E-state index in [4.69, 9.17) is 24.0 Å². The number of carbonyl (C=O) groups is 1. The van der Waals surface area contributed by atoms with Gasteiger partial charge in [-0.1, -0.05) is 11.2 Å². The maximum absolute atomic E-state index is 11.6. The first kappa shape index (κ1) is 19.1. The molecule has 0 unspecified atom stereocenters. The fourth-order valence-corrected chi connectivity index (χ4v) is 2.17. The average Bonchev–Trinajstić information content (AvgIpc) is 2.96. The summed E-state index contributed by atoms with van der Waals surface area (Å²) in [7, 11) is 1.54. The van der Waals surface area contributed by atoms with Gasteiger partial charge < -0.3 is 18.7 Å². The molecule has 1 aromatic carbocycles. The lowest BCUT2D eigenvalue weighted by Crippen LogP contribution is -2.10. The van der Waals surface area contributed by atoms with Crippen molar-refractivity contribution in [3.8, 4) is 17.6 Å². The van der Waals surface area contributed by atoms with Gasteiger partial charge in [0.15, 0.2) is 17.6 Å². The zero-order valence-corrected chi connectivity index (χ0v) is 15.1. The molecule has 2 rings (SSSR count). The molecule has 0 aliphatic heterocycles. The molecule has 0 aliphatic carbocycles. The van der Waals surface area contributed by atoms with Gasteiger partial charge in [-0.05, 0) is 44.5 Å². The number of aryl methyl sites for hydroxylation is 2. The highest BCUT2D eigenvalue weighted by Crippen LogP contribution is 2.30. The molecule has 7 heteroatoms. The lowest BCUT2D eigenvalue weighted by Gasteiger charge is -2.11. The van der Waals surface area contributed by atoms with E-state index < -0.39 is 12.1 Å². The normalized spacial score (nSPS) is 11.8. The van der Waals surface area contributed by atoms with Crippen molar-refractivity contribution >= 4 is 12.0 Å². The summed E-state index contributed by atoms with van der Waals surface area (Å²) in [5.41, 5.74) is 2.41. The Labute approximate surface area is 151 Å². The second kappa shape index (κ2) is 8.72. The minimum absolute atomic E-state index is 0.311. The molecule has 2 aromatic rings. The number of ether oxygens (including phenoxy) is 3. The van der Waals surface area contributed by atoms with Gasteiger partial charge in [0.2, 0.25) is 0 Å². The second-order valence-electron chi connectivity index (χ2n) is 5.54. The first-order valence-electron chi connectivity index (χ1n) is 7.95. The molecule has 0 saturated heterocycles. The number of rotatable bonds is 7. The molecule has 136 valence electrons. The maximum atomic E-state index is 11.6.